The molecule has 15 heavy (non-hydrogen) atoms. The monoisotopic (exact) mass is 216 g/mol. The Hall–Kier alpha value is -1.10. The van der Waals surface area contributed by atoms with Crippen molar-refractivity contribution in [2.45, 2.75) is 32.7 Å². The predicted octanol–water partition coefficient (Wildman–Crippen LogP) is 0.0391. The Labute approximate surface area is 90.4 Å². The number of amides is 1. The molecule has 0 radical (unpaired) electrons. The van der Waals surface area contributed by atoms with Crippen LogP contribution in [0.1, 0.15) is 26.7 Å². The van der Waals surface area contributed by atoms with E-state index < -0.39 is 12.0 Å². The van der Waals surface area contributed by atoms with E-state index in [9.17, 15) is 9.59 Å². The van der Waals surface area contributed by atoms with Gasteiger partial charge >= 0.3 is 5.97 Å². The Morgan fingerprint density at radius 3 is 2.47 bits per heavy atom. The highest BCUT2D eigenvalue weighted by atomic mass is 16.5. The molecule has 0 aromatic rings. The smallest absolute Gasteiger partial charge is 0.307 e. The van der Waals surface area contributed by atoms with E-state index in [1.165, 1.54) is 7.11 Å². The van der Waals surface area contributed by atoms with E-state index in [-0.39, 0.29) is 12.3 Å². The lowest BCUT2D eigenvalue weighted by Gasteiger charge is -2.11. The van der Waals surface area contributed by atoms with Crippen molar-refractivity contribution in [2.75, 3.05) is 13.7 Å². The molecule has 0 aromatic heterocycles. The largest absolute Gasteiger partial charge is 0.469 e. The minimum Gasteiger partial charge on any atom is -0.469 e. The predicted molar refractivity (Wildman–Crippen MR) is 57.1 cm³/mol. The molecule has 1 unspecified atom stereocenters. The van der Waals surface area contributed by atoms with Crippen LogP contribution < -0.4 is 11.1 Å². The summed E-state index contributed by atoms with van der Waals surface area (Å²) in [5.74, 6) is -0.246. The first-order chi connectivity index (χ1) is 6.97. The molecule has 5 heteroatoms. The Balaban J connectivity index is 3.74. The number of hydrogen-bond donors (Lipinski definition) is 2. The molecule has 88 valence electrons. The minimum atomic E-state index is -0.815. The zero-order valence-electron chi connectivity index (χ0n) is 9.58. The topological polar surface area (TPSA) is 81.4 Å². The van der Waals surface area contributed by atoms with Gasteiger partial charge in [0.25, 0.3) is 0 Å². The van der Waals surface area contributed by atoms with E-state index in [0.29, 0.717) is 12.5 Å². The SMILES string of the molecule is COC(=O)CC(N)C(=O)NCCC(C)C. The second kappa shape index (κ2) is 7.23. The van der Waals surface area contributed by atoms with Gasteiger partial charge in [-0.25, -0.2) is 0 Å². The average molecular weight is 216 g/mol. The van der Waals surface area contributed by atoms with Crippen molar-refractivity contribution in [3.05, 3.63) is 0 Å². The fraction of sp³-hybridized carbons (Fsp3) is 0.800. The van der Waals surface area contributed by atoms with Crippen molar-refractivity contribution in [2.24, 2.45) is 11.7 Å². The molecule has 3 N–H and O–H groups in total. The molecule has 5 nitrogen and oxygen atoms in total. The van der Waals surface area contributed by atoms with Crippen molar-refractivity contribution < 1.29 is 14.3 Å². The maximum Gasteiger partial charge on any atom is 0.307 e. The lowest BCUT2D eigenvalue weighted by Crippen LogP contribution is -2.42. The number of ether oxygens (including phenoxy) is 1. The van der Waals surface area contributed by atoms with Crippen LogP contribution >= 0.6 is 0 Å². The van der Waals surface area contributed by atoms with Gasteiger partial charge in [0.1, 0.15) is 0 Å². The van der Waals surface area contributed by atoms with Crippen molar-refractivity contribution in [1.29, 1.82) is 0 Å². The van der Waals surface area contributed by atoms with Crippen molar-refractivity contribution in [1.82, 2.24) is 5.32 Å². The summed E-state index contributed by atoms with van der Waals surface area (Å²) in [6, 6.07) is -0.815. The molecule has 1 amide bonds. The number of methoxy groups -OCH3 is 1. The van der Waals surface area contributed by atoms with Gasteiger partial charge < -0.3 is 15.8 Å². The normalized spacial score (nSPS) is 12.3. The molecule has 0 saturated heterocycles. The third kappa shape index (κ3) is 6.90. The molecule has 0 aliphatic heterocycles. The van der Waals surface area contributed by atoms with Gasteiger partial charge in [0, 0.05) is 6.54 Å². The van der Waals surface area contributed by atoms with Gasteiger partial charge in [0.15, 0.2) is 0 Å². The summed E-state index contributed by atoms with van der Waals surface area (Å²) >= 11 is 0. The van der Waals surface area contributed by atoms with Crippen LogP contribution in [0.4, 0.5) is 0 Å². The molecule has 0 spiro atoms. The Morgan fingerprint density at radius 2 is 2.00 bits per heavy atom. The average Bonchev–Trinajstić information content (AvgIpc) is 2.16. The van der Waals surface area contributed by atoms with Crippen LogP contribution in [0.15, 0.2) is 0 Å². The van der Waals surface area contributed by atoms with Gasteiger partial charge in [-0.1, -0.05) is 13.8 Å². The molecular weight excluding hydrogens is 196 g/mol. The van der Waals surface area contributed by atoms with Gasteiger partial charge in [-0.3, -0.25) is 9.59 Å². The molecule has 0 bridgehead atoms. The summed E-state index contributed by atoms with van der Waals surface area (Å²) in [6.07, 6.45) is 0.820. The number of nitrogens with two attached hydrogens (primary N) is 1. The van der Waals surface area contributed by atoms with Crippen LogP contribution in [0, 0.1) is 5.92 Å². The maximum absolute atomic E-state index is 11.3. The molecule has 1 atom stereocenters. The molecule has 0 aliphatic carbocycles. The van der Waals surface area contributed by atoms with Crippen LogP contribution in [0.3, 0.4) is 0 Å². The minimum absolute atomic E-state index is 0.0794. The number of carbonyl (C=O) groups excluding carboxylic acids is 2. The molecule has 0 aliphatic rings. The second-order valence-corrected chi connectivity index (χ2v) is 3.86. The van der Waals surface area contributed by atoms with Crippen molar-refractivity contribution in [3.8, 4) is 0 Å². The van der Waals surface area contributed by atoms with E-state index >= 15 is 0 Å². The van der Waals surface area contributed by atoms with Crippen LogP contribution in [0.2, 0.25) is 0 Å². The van der Waals surface area contributed by atoms with E-state index in [4.69, 9.17) is 5.73 Å². The van der Waals surface area contributed by atoms with E-state index in [1.807, 2.05) is 0 Å². The lowest BCUT2D eigenvalue weighted by atomic mass is 10.1. The number of rotatable bonds is 6. The molecular formula is C10H20N2O3. The van der Waals surface area contributed by atoms with Crippen LogP contribution in [-0.4, -0.2) is 31.6 Å². The standard InChI is InChI=1S/C10H20N2O3/c1-7(2)4-5-12-10(14)8(11)6-9(13)15-3/h7-8H,4-6,11H2,1-3H3,(H,12,14). The van der Waals surface area contributed by atoms with E-state index in [2.05, 4.69) is 23.9 Å². The number of esters is 1. The van der Waals surface area contributed by atoms with Gasteiger partial charge in [0.2, 0.25) is 5.91 Å². The Kier molecular flexibility index (Phi) is 6.70. The quantitative estimate of drug-likeness (QED) is 0.614. The van der Waals surface area contributed by atoms with Crippen molar-refractivity contribution >= 4 is 11.9 Å². The summed E-state index contributed by atoms with van der Waals surface area (Å²) in [5.41, 5.74) is 5.50. The maximum atomic E-state index is 11.3. The fourth-order valence-corrected chi connectivity index (χ4v) is 0.971. The molecule has 0 rings (SSSR count). The van der Waals surface area contributed by atoms with E-state index in [1.54, 1.807) is 0 Å². The van der Waals surface area contributed by atoms with Crippen molar-refractivity contribution in [3.63, 3.8) is 0 Å². The van der Waals surface area contributed by atoms with Crippen LogP contribution in [-0.2, 0) is 14.3 Å². The molecule has 0 saturated carbocycles. The number of hydrogen-bond acceptors (Lipinski definition) is 4. The molecule has 0 heterocycles. The van der Waals surface area contributed by atoms with E-state index in [0.717, 1.165) is 6.42 Å². The van der Waals surface area contributed by atoms with Crippen LogP contribution in [0.25, 0.3) is 0 Å². The fourth-order valence-electron chi connectivity index (χ4n) is 0.971. The summed E-state index contributed by atoms with van der Waals surface area (Å²) < 4.78 is 4.41. The number of nitrogens with one attached hydrogen (secondary N) is 1. The Morgan fingerprint density at radius 1 is 1.40 bits per heavy atom. The van der Waals surface area contributed by atoms with Crippen LogP contribution in [0.5, 0.6) is 0 Å². The lowest BCUT2D eigenvalue weighted by molar-refractivity contribution is -0.142. The zero-order valence-corrected chi connectivity index (χ0v) is 9.58. The molecule has 0 fully saturated rings. The highest BCUT2D eigenvalue weighted by molar-refractivity contribution is 5.86. The Bertz CT molecular complexity index is 217. The highest BCUT2D eigenvalue weighted by Crippen LogP contribution is 1.97. The van der Waals surface area contributed by atoms with Gasteiger partial charge in [-0.2, -0.15) is 0 Å². The number of carbonyl (C=O) groups is 2. The third-order valence-electron chi connectivity index (χ3n) is 1.97. The zero-order chi connectivity index (χ0) is 11.8. The third-order valence-corrected chi connectivity index (χ3v) is 1.97. The summed E-state index contributed by atoms with van der Waals surface area (Å²) in [7, 11) is 1.27. The van der Waals surface area contributed by atoms with Gasteiger partial charge in [-0.15, -0.1) is 0 Å². The first kappa shape index (κ1) is 13.9. The summed E-state index contributed by atoms with van der Waals surface area (Å²) in [5, 5.41) is 2.67. The highest BCUT2D eigenvalue weighted by Gasteiger charge is 2.17. The molecule has 0 aromatic carbocycles. The summed E-state index contributed by atoms with van der Waals surface area (Å²) in [4.78, 5) is 22.2. The first-order valence-electron chi connectivity index (χ1n) is 5.07. The van der Waals surface area contributed by atoms with Gasteiger partial charge in [-0.05, 0) is 12.3 Å². The second-order valence-electron chi connectivity index (χ2n) is 3.86. The van der Waals surface area contributed by atoms with Gasteiger partial charge in [0.05, 0.1) is 19.6 Å². The first-order valence-corrected chi connectivity index (χ1v) is 5.07. The summed E-state index contributed by atoms with van der Waals surface area (Å²) in [6.45, 7) is 4.73.